The van der Waals surface area contributed by atoms with Crippen LogP contribution < -0.4 is 0 Å². The van der Waals surface area contributed by atoms with E-state index in [1.54, 1.807) is 24.3 Å². The van der Waals surface area contributed by atoms with Crippen LogP contribution in [-0.2, 0) is 19.0 Å². The summed E-state index contributed by atoms with van der Waals surface area (Å²) in [6.07, 6.45) is 6.91. The number of hydrogen-bond acceptors (Lipinski definition) is 8. The number of benzene rings is 2. The SMILES string of the molecule is C=C1CCC2[C@](C)(COC(=O)c3ccccc3C(=O)O)[C@H](OC(=O)c3ccccc3C(=O)O)CC[C@@]2(C)[C@@H]1/C=C/C1=CCOC1=O. The Morgan fingerprint density at radius 1 is 0.935 bits per heavy atom. The molecule has 1 heterocycles. The maximum atomic E-state index is 13.5. The van der Waals surface area contributed by atoms with Crippen molar-refractivity contribution in [2.45, 2.75) is 45.6 Å². The molecule has 1 unspecified atom stereocenters. The number of carboxylic acid groups (broad SMARTS) is 2. The molecule has 5 rings (SSSR count). The molecular formula is C36H36O10. The summed E-state index contributed by atoms with van der Waals surface area (Å²) < 4.78 is 17.0. The predicted octanol–water partition coefficient (Wildman–Crippen LogP) is 5.89. The second-order valence-corrected chi connectivity index (χ2v) is 12.6. The quantitative estimate of drug-likeness (QED) is 0.195. The lowest BCUT2D eigenvalue weighted by Crippen LogP contribution is -2.58. The lowest BCUT2D eigenvalue weighted by atomic mass is 9.46. The Morgan fingerprint density at radius 2 is 1.52 bits per heavy atom. The zero-order chi connectivity index (χ0) is 33.2. The van der Waals surface area contributed by atoms with E-state index in [9.17, 15) is 34.2 Å². The number of allylic oxidation sites excluding steroid dienone is 2. The molecular weight excluding hydrogens is 592 g/mol. The van der Waals surface area contributed by atoms with Crippen LogP contribution >= 0.6 is 0 Å². The molecule has 240 valence electrons. The number of fused-ring (bicyclic) bond motifs is 1. The van der Waals surface area contributed by atoms with Crippen LogP contribution in [-0.4, -0.2) is 59.4 Å². The first-order chi connectivity index (χ1) is 21.9. The molecule has 1 aliphatic heterocycles. The molecule has 0 bridgehead atoms. The van der Waals surface area contributed by atoms with Gasteiger partial charge in [0.15, 0.2) is 0 Å². The number of carbonyl (C=O) groups is 5. The van der Waals surface area contributed by atoms with Crippen LogP contribution in [0.1, 0.15) is 81.0 Å². The fraction of sp³-hybridized carbons (Fsp3) is 0.361. The van der Waals surface area contributed by atoms with E-state index in [0.717, 1.165) is 5.57 Å². The lowest BCUT2D eigenvalue weighted by molar-refractivity contribution is -0.150. The van der Waals surface area contributed by atoms with Crippen LogP contribution in [0, 0.1) is 22.7 Å². The summed E-state index contributed by atoms with van der Waals surface area (Å²) in [7, 11) is 0. The van der Waals surface area contributed by atoms with Crippen LogP contribution in [0.3, 0.4) is 0 Å². The van der Waals surface area contributed by atoms with Crippen molar-refractivity contribution in [2.75, 3.05) is 13.2 Å². The monoisotopic (exact) mass is 628 g/mol. The molecule has 46 heavy (non-hydrogen) atoms. The minimum atomic E-state index is -1.27. The number of carbonyl (C=O) groups excluding carboxylic acids is 3. The van der Waals surface area contributed by atoms with Crippen molar-refractivity contribution in [1.29, 1.82) is 0 Å². The summed E-state index contributed by atoms with van der Waals surface area (Å²) in [5.74, 6) is -4.90. The minimum absolute atomic E-state index is 0.0902. The topological polar surface area (TPSA) is 154 Å². The van der Waals surface area contributed by atoms with Crippen molar-refractivity contribution in [3.63, 3.8) is 0 Å². The predicted molar refractivity (Wildman–Crippen MR) is 165 cm³/mol. The number of carboxylic acids is 2. The van der Waals surface area contributed by atoms with Crippen LogP contribution in [0.4, 0.5) is 0 Å². The number of cyclic esters (lactones) is 1. The van der Waals surface area contributed by atoms with Crippen molar-refractivity contribution < 1.29 is 48.4 Å². The third kappa shape index (κ3) is 5.99. The molecule has 2 aliphatic carbocycles. The van der Waals surface area contributed by atoms with E-state index in [1.165, 1.54) is 36.4 Å². The third-order valence-electron chi connectivity index (χ3n) is 9.92. The summed E-state index contributed by atoms with van der Waals surface area (Å²) in [5.41, 5.74) is -0.536. The van der Waals surface area contributed by atoms with E-state index >= 15 is 0 Å². The first-order valence-electron chi connectivity index (χ1n) is 15.1. The van der Waals surface area contributed by atoms with E-state index in [-0.39, 0.29) is 47.3 Å². The van der Waals surface area contributed by atoms with Gasteiger partial charge in [0, 0.05) is 11.3 Å². The molecule has 0 amide bonds. The highest BCUT2D eigenvalue weighted by Gasteiger charge is 2.59. The highest BCUT2D eigenvalue weighted by molar-refractivity contribution is 6.03. The molecule has 2 fully saturated rings. The largest absolute Gasteiger partial charge is 0.478 e. The maximum Gasteiger partial charge on any atom is 0.339 e. The van der Waals surface area contributed by atoms with Gasteiger partial charge in [-0.3, -0.25) is 0 Å². The van der Waals surface area contributed by atoms with Crippen LogP contribution in [0.2, 0.25) is 0 Å². The number of aromatic carboxylic acids is 2. The normalized spacial score (nSPS) is 27.3. The van der Waals surface area contributed by atoms with Gasteiger partial charge < -0.3 is 24.4 Å². The number of rotatable bonds is 9. The van der Waals surface area contributed by atoms with Crippen molar-refractivity contribution in [1.82, 2.24) is 0 Å². The maximum absolute atomic E-state index is 13.5. The molecule has 0 spiro atoms. The van der Waals surface area contributed by atoms with Crippen LogP contribution in [0.5, 0.6) is 0 Å². The zero-order valence-electron chi connectivity index (χ0n) is 25.7. The Hall–Kier alpha value is -4.99. The first kappa shape index (κ1) is 32.4. The van der Waals surface area contributed by atoms with Crippen molar-refractivity contribution >= 4 is 29.8 Å². The van der Waals surface area contributed by atoms with Gasteiger partial charge in [-0.2, -0.15) is 0 Å². The summed E-state index contributed by atoms with van der Waals surface area (Å²) in [5, 5.41) is 19.3. The first-order valence-corrected chi connectivity index (χ1v) is 15.1. The average Bonchev–Trinajstić information content (AvgIpc) is 3.45. The summed E-state index contributed by atoms with van der Waals surface area (Å²) in [4.78, 5) is 62.6. The fourth-order valence-corrected chi connectivity index (χ4v) is 7.55. The fourth-order valence-electron chi connectivity index (χ4n) is 7.55. The molecule has 2 N–H and O–H groups in total. The number of ether oxygens (including phenoxy) is 3. The summed E-state index contributed by atoms with van der Waals surface area (Å²) >= 11 is 0. The van der Waals surface area contributed by atoms with Gasteiger partial charge >= 0.3 is 29.8 Å². The van der Waals surface area contributed by atoms with Gasteiger partial charge in [0.05, 0.1) is 27.8 Å². The van der Waals surface area contributed by atoms with Gasteiger partial charge in [0.25, 0.3) is 0 Å². The Labute approximate surface area is 266 Å². The smallest absolute Gasteiger partial charge is 0.339 e. The second kappa shape index (κ2) is 12.8. The molecule has 2 aromatic rings. The van der Waals surface area contributed by atoms with Gasteiger partial charge in [-0.25, -0.2) is 24.0 Å². The van der Waals surface area contributed by atoms with Gasteiger partial charge in [-0.05, 0) is 67.4 Å². The molecule has 3 aliphatic rings. The van der Waals surface area contributed by atoms with Crippen molar-refractivity contribution in [3.8, 4) is 0 Å². The molecule has 2 aromatic carbocycles. The third-order valence-corrected chi connectivity index (χ3v) is 9.92. The van der Waals surface area contributed by atoms with Gasteiger partial charge in [-0.1, -0.05) is 62.4 Å². The standard InChI is InChI=1S/C36H36O10/c1-21-12-15-28-35(2,27(21)14-13-22-17-19-44-32(22)41)18-16-29(46-34(43)26-11-7-5-9-24(26)31(39)40)36(28,3)20-45-33(42)25-10-6-4-8-23(25)30(37)38/h4-11,13-14,17,27-29H,1,12,15-16,18-20H2,2-3H3,(H,37,38)(H,39,40)/b14-13+/t27-,28?,29-,35+,36+/m1/s1. The molecule has 5 atom stereocenters. The second-order valence-electron chi connectivity index (χ2n) is 12.6. The Kier molecular flexibility index (Phi) is 9.01. The highest BCUT2D eigenvalue weighted by atomic mass is 16.6. The van der Waals surface area contributed by atoms with Gasteiger partial charge in [-0.15, -0.1) is 0 Å². The van der Waals surface area contributed by atoms with Gasteiger partial charge in [0.2, 0.25) is 0 Å². The van der Waals surface area contributed by atoms with E-state index in [1.807, 2.05) is 13.0 Å². The Morgan fingerprint density at radius 3 is 2.09 bits per heavy atom. The zero-order valence-corrected chi connectivity index (χ0v) is 25.7. The molecule has 0 radical (unpaired) electrons. The molecule has 10 heteroatoms. The Bertz CT molecular complexity index is 1670. The van der Waals surface area contributed by atoms with Crippen LogP contribution in [0.15, 0.2) is 84.5 Å². The molecule has 0 saturated heterocycles. The van der Waals surface area contributed by atoms with Crippen molar-refractivity contribution in [3.05, 3.63) is 107 Å². The van der Waals surface area contributed by atoms with E-state index < -0.39 is 46.8 Å². The average molecular weight is 629 g/mol. The summed E-state index contributed by atoms with van der Waals surface area (Å²) in [6, 6.07) is 11.6. The summed E-state index contributed by atoms with van der Waals surface area (Å²) in [6.45, 7) is 8.38. The minimum Gasteiger partial charge on any atom is -0.478 e. The molecule has 0 aromatic heterocycles. The van der Waals surface area contributed by atoms with Gasteiger partial charge in [0.1, 0.15) is 19.3 Å². The van der Waals surface area contributed by atoms with Crippen molar-refractivity contribution in [2.24, 2.45) is 22.7 Å². The number of hydrogen-bond donors (Lipinski definition) is 2. The number of esters is 3. The van der Waals surface area contributed by atoms with E-state index in [0.29, 0.717) is 31.3 Å². The Balaban J connectivity index is 1.50. The lowest BCUT2D eigenvalue weighted by Gasteiger charge is -2.59. The highest BCUT2D eigenvalue weighted by Crippen LogP contribution is 2.62. The van der Waals surface area contributed by atoms with Crippen LogP contribution in [0.25, 0.3) is 0 Å². The molecule has 2 saturated carbocycles. The molecule has 10 nitrogen and oxygen atoms in total. The van der Waals surface area contributed by atoms with E-state index in [2.05, 4.69) is 13.5 Å². The van der Waals surface area contributed by atoms with E-state index in [4.69, 9.17) is 14.2 Å².